The summed E-state index contributed by atoms with van der Waals surface area (Å²) in [5.74, 6) is 0.620. The number of nitrogens with zero attached hydrogens (tertiary/aromatic N) is 3. The zero-order chi connectivity index (χ0) is 17.9. The van der Waals surface area contributed by atoms with Crippen LogP contribution >= 0.6 is 0 Å². The van der Waals surface area contributed by atoms with Crippen molar-refractivity contribution in [3.05, 3.63) is 23.9 Å². The number of hydrogen-bond donors (Lipinski definition) is 0. The summed E-state index contributed by atoms with van der Waals surface area (Å²) in [6.07, 6.45) is 1.62. The summed E-state index contributed by atoms with van der Waals surface area (Å²) in [5, 5.41) is 0. The van der Waals surface area contributed by atoms with Gasteiger partial charge in [0, 0.05) is 44.0 Å². The van der Waals surface area contributed by atoms with Crippen LogP contribution in [0.4, 0.5) is 4.79 Å². The number of piperazine rings is 1. The number of ether oxygens (including phenoxy) is 2. The molecular weight excluding hydrogens is 306 g/mol. The van der Waals surface area contributed by atoms with Crippen molar-refractivity contribution in [2.75, 3.05) is 20.2 Å². The van der Waals surface area contributed by atoms with E-state index in [1.54, 1.807) is 7.11 Å². The van der Waals surface area contributed by atoms with Crippen molar-refractivity contribution in [2.45, 2.75) is 58.8 Å². The molecular formula is C18H29N3O3. The molecule has 1 aliphatic heterocycles. The van der Waals surface area contributed by atoms with Crippen LogP contribution in [0.3, 0.4) is 0 Å². The predicted molar refractivity (Wildman–Crippen MR) is 93.1 cm³/mol. The summed E-state index contributed by atoms with van der Waals surface area (Å²) in [6, 6.07) is 4.42. The molecule has 0 saturated carbocycles. The number of amides is 1. The molecule has 0 bridgehead atoms. The minimum atomic E-state index is -0.463. The van der Waals surface area contributed by atoms with Crippen molar-refractivity contribution in [2.24, 2.45) is 0 Å². The molecule has 6 heteroatoms. The molecule has 2 heterocycles. The smallest absolute Gasteiger partial charge is 0.410 e. The second-order valence-electron chi connectivity index (χ2n) is 7.46. The summed E-state index contributed by atoms with van der Waals surface area (Å²) in [4.78, 5) is 20.8. The molecule has 0 radical (unpaired) electrons. The van der Waals surface area contributed by atoms with Crippen molar-refractivity contribution in [3.8, 4) is 5.88 Å². The Morgan fingerprint density at radius 1 is 1.25 bits per heavy atom. The van der Waals surface area contributed by atoms with Crippen molar-refractivity contribution in [3.63, 3.8) is 0 Å². The maximum absolute atomic E-state index is 12.3. The van der Waals surface area contributed by atoms with Gasteiger partial charge in [0.1, 0.15) is 5.60 Å². The monoisotopic (exact) mass is 335 g/mol. The maximum atomic E-state index is 12.3. The van der Waals surface area contributed by atoms with E-state index in [1.807, 2.05) is 44.0 Å². The number of carbonyl (C=O) groups excluding carboxylic acids is 1. The van der Waals surface area contributed by atoms with Gasteiger partial charge in [0.15, 0.2) is 0 Å². The van der Waals surface area contributed by atoms with Gasteiger partial charge in [0.25, 0.3) is 0 Å². The van der Waals surface area contributed by atoms with Crippen LogP contribution in [0.5, 0.6) is 5.88 Å². The maximum Gasteiger partial charge on any atom is 0.410 e. The summed E-state index contributed by atoms with van der Waals surface area (Å²) < 4.78 is 10.6. The highest BCUT2D eigenvalue weighted by Crippen LogP contribution is 2.21. The van der Waals surface area contributed by atoms with Crippen molar-refractivity contribution >= 4 is 6.09 Å². The second-order valence-corrected chi connectivity index (χ2v) is 7.46. The van der Waals surface area contributed by atoms with Crippen molar-refractivity contribution in [1.82, 2.24) is 14.8 Å². The highest BCUT2D eigenvalue weighted by Gasteiger charge is 2.33. The van der Waals surface area contributed by atoms with Gasteiger partial charge in [-0.25, -0.2) is 9.78 Å². The molecule has 0 aliphatic carbocycles. The van der Waals surface area contributed by atoms with Crippen LogP contribution < -0.4 is 4.74 Å². The Morgan fingerprint density at radius 3 is 2.33 bits per heavy atom. The first kappa shape index (κ1) is 18.5. The Balaban J connectivity index is 1.98. The second kappa shape index (κ2) is 7.38. The number of rotatable bonds is 3. The lowest BCUT2D eigenvalue weighted by Gasteiger charge is -2.44. The van der Waals surface area contributed by atoms with Crippen LogP contribution in [-0.2, 0) is 11.3 Å². The molecule has 0 N–H and O–H groups in total. The first-order valence-corrected chi connectivity index (χ1v) is 8.42. The Kier molecular flexibility index (Phi) is 5.70. The van der Waals surface area contributed by atoms with E-state index in [1.165, 1.54) is 0 Å². The molecule has 1 saturated heterocycles. The number of pyridine rings is 1. The fourth-order valence-electron chi connectivity index (χ4n) is 2.98. The zero-order valence-corrected chi connectivity index (χ0v) is 15.6. The van der Waals surface area contributed by atoms with E-state index in [0.29, 0.717) is 19.0 Å². The Hall–Kier alpha value is -1.82. The molecule has 1 aliphatic rings. The first-order valence-electron chi connectivity index (χ1n) is 8.42. The molecule has 2 rings (SSSR count). The summed E-state index contributed by atoms with van der Waals surface area (Å²) in [7, 11) is 1.61. The lowest BCUT2D eigenvalue weighted by molar-refractivity contribution is -0.00970. The van der Waals surface area contributed by atoms with Crippen LogP contribution in [0.15, 0.2) is 18.3 Å². The Labute approximate surface area is 144 Å². The molecule has 2 atom stereocenters. The van der Waals surface area contributed by atoms with E-state index in [4.69, 9.17) is 9.47 Å². The SMILES string of the molecule is COc1ccc(CN2[C@H](C)CN(C(=O)OC(C)(C)C)C[C@@H]2C)cn1. The molecule has 24 heavy (non-hydrogen) atoms. The molecule has 1 amide bonds. The van der Waals surface area contributed by atoms with Crippen LogP contribution in [0, 0.1) is 0 Å². The third-order valence-corrected chi connectivity index (χ3v) is 4.13. The van der Waals surface area contributed by atoms with Gasteiger partial charge in [-0.15, -0.1) is 0 Å². The van der Waals surface area contributed by atoms with E-state index >= 15 is 0 Å². The largest absolute Gasteiger partial charge is 0.481 e. The average Bonchev–Trinajstić information content (AvgIpc) is 2.49. The molecule has 0 unspecified atom stereocenters. The topological polar surface area (TPSA) is 54.9 Å². The molecule has 0 spiro atoms. The molecule has 6 nitrogen and oxygen atoms in total. The fraction of sp³-hybridized carbons (Fsp3) is 0.667. The van der Waals surface area contributed by atoms with Crippen LogP contribution in [0.25, 0.3) is 0 Å². The van der Waals surface area contributed by atoms with Gasteiger partial charge in [-0.1, -0.05) is 6.07 Å². The van der Waals surface area contributed by atoms with Gasteiger partial charge in [-0.05, 0) is 40.2 Å². The normalized spacial score (nSPS) is 22.3. The summed E-state index contributed by atoms with van der Waals surface area (Å²) in [5.41, 5.74) is 0.676. The minimum absolute atomic E-state index is 0.230. The first-order chi connectivity index (χ1) is 11.2. The van der Waals surface area contributed by atoms with Gasteiger partial charge < -0.3 is 14.4 Å². The average molecular weight is 335 g/mol. The molecule has 1 aromatic heterocycles. The highest BCUT2D eigenvalue weighted by molar-refractivity contribution is 5.68. The van der Waals surface area contributed by atoms with Crippen LogP contribution in [-0.4, -0.2) is 58.8 Å². The fourth-order valence-corrected chi connectivity index (χ4v) is 2.98. The molecule has 0 aromatic carbocycles. The van der Waals surface area contributed by atoms with E-state index in [9.17, 15) is 4.79 Å². The molecule has 1 aromatic rings. The molecule has 134 valence electrons. The summed E-state index contributed by atoms with van der Waals surface area (Å²) >= 11 is 0. The number of hydrogen-bond acceptors (Lipinski definition) is 5. The number of carbonyl (C=O) groups is 1. The Morgan fingerprint density at radius 2 is 1.88 bits per heavy atom. The molecule has 1 fully saturated rings. The number of aromatic nitrogens is 1. The van der Waals surface area contributed by atoms with Crippen molar-refractivity contribution in [1.29, 1.82) is 0 Å². The lowest BCUT2D eigenvalue weighted by atomic mass is 10.1. The number of methoxy groups -OCH3 is 1. The van der Waals surface area contributed by atoms with E-state index in [0.717, 1.165) is 12.1 Å². The van der Waals surface area contributed by atoms with Crippen LogP contribution in [0.1, 0.15) is 40.2 Å². The third-order valence-electron chi connectivity index (χ3n) is 4.13. The summed E-state index contributed by atoms with van der Waals surface area (Å²) in [6.45, 7) is 12.1. The van der Waals surface area contributed by atoms with Gasteiger partial charge in [0.05, 0.1) is 7.11 Å². The van der Waals surface area contributed by atoms with Gasteiger partial charge in [-0.3, -0.25) is 4.90 Å². The third kappa shape index (κ3) is 4.84. The zero-order valence-electron chi connectivity index (χ0n) is 15.6. The van der Waals surface area contributed by atoms with Gasteiger partial charge in [-0.2, -0.15) is 0 Å². The minimum Gasteiger partial charge on any atom is -0.481 e. The van der Waals surface area contributed by atoms with Gasteiger partial charge in [0.2, 0.25) is 5.88 Å². The predicted octanol–water partition coefficient (Wildman–Crippen LogP) is 2.92. The van der Waals surface area contributed by atoms with Crippen molar-refractivity contribution < 1.29 is 14.3 Å². The van der Waals surface area contributed by atoms with Crippen LogP contribution in [0.2, 0.25) is 0 Å². The standard InChI is InChI=1S/C18H29N3O3/c1-13-10-20(17(22)24-18(3,4)5)11-14(2)21(13)12-15-7-8-16(23-6)19-9-15/h7-9,13-14H,10-12H2,1-6H3/t13-,14+. The highest BCUT2D eigenvalue weighted by atomic mass is 16.6. The van der Waals surface area contributed by atoms with E-state index < -0.39 is 5.60 Å². The Bertz CT molecular complexity index is 542. The van der Waals surface area contributed by atoms with E-state index in [-0.39, 0.29) is 18.2 Å². The van der Waals surface area contributed by atoms with E-state index in [2.05, 4.69) is 23.7 Å². The quantitative estimate of drug-likeness (QED) is 0.850. The lowest BCUT2D eigenvalue weighted by Crippen LogP contribution is -2.58. The van der Waals surface area contributed by atoms with Gasteiger partial charge >= 0.3 is 6.09 Å².